The van der Waals surface area contributed by atoms with Gasteiger partial charge in [0, 0.05) is 12.0 Å². The topological polar surface area (TPSA) is 46.5 Å². The molecule has 3 nitrogen and oxygen atoms in total. The van der Waals surface area contributed by atoms with Crippen molar-refractivity contribution in [3.8, 4) is 5.75 Å². The highest BCUT2D eigenvalue weighted by atomic mass is 35.5. The minimum atomic E-state index is -0.326. The molecule has 2 aromatic rings. The second-order valence-corrected chi connectivity index (χ2v) is 7.74. The third kappa shape index (κ3) is 5.98. The number of halogens is 1. The van der Waals surface area contributed by atoms with Gasteiger partial charge in [-0.05, 0) is 61.1 Å². The molecular formula is C25H27ClO3. The Morgan fingerprint density at radius 3 is 2.62 bits per heavy atom. The van der Waals surface area contributed by atoms with Gasteiger partial charge in [-0.15, -0.1) is 0 Å². The molecule has 0 saturated heterocycles. The van der Waals surface area contributed by atoms with Gasteiger partial charge in [0.1, 0.15) is 5.75 Å². The van der Waals surface area contributed by atoms with Crippen molar-refractivity contribution in [2.45, 2.75) is 44.9 Å². The maximum Gasteiger partial charge on any atom is 0.330 e. The van der Waals surface area contributed by atoms with Crippen molar-refractivity contribution < 1.29 is 14.6 Å². The second-order valence-electron chi connectivity index (χ2n) is 7.33. The van der Waals surface area contributed by atoms with Gasteiger partial charge in [-0.2, -0.15) is 0 Å². The summed E-state index contributed by atoms with van der Waals surface area (Å²) < 4.78 is 4.91. The molecule has 1 N–H and O–H groups in total. The summed E-state index contributed by atoms with van der Waals surface area (Å²) >= 11 is 6.16. The molecule has 2 aromatic carbocycles. The van der Waals surface area contributed by atoms with E-state index in [0.717, 1.165) is 29.5 Å². The number of carbonyl (C=O) groups excluding carboxylic acids is 1. The van der Waals surface area contributed by atoms with Crippen LogP contribution in [0.2, 0.25) is 5.02 Å². The molecule has 0 radical (unpaired) electrons. The molecule has 0 heterocycles. The monoisotopic (exact) mass is 410 g/mol. The van der Waals surface area contributed by atoms with Gasteiger partial charge in [-0.25, -0.2) is 4.79 Å². The first-order valence-electron chi connectivity index (χ1n) is 10.2. The number of carbonyl (C=O) groups is 1. The Morgan fingerprint density at radius 1 is 1.14 bits per heavy atom. The summed E-state index contributed by atoms with van der Waals surface area (Å²) in [6.07, 6.45) is 11.3. The van der Waals surface area contributed by atoms with Crippen LogP contribution in [0.15, 0.2) is 54.1 Å². The number of rotatable bonds is 5. The van der Waals surface area contributed by atoms with Crippen LogP contribution in [0.4, 0.5) is 0 Å². The van der Waals surface area contributed by atoms with Gasteiger partial charge in [-0.1, -0.05) is 66.4 Å². The van der Waals surface area contributed by atoms with Crippen LogP contribution in [0.25, 0.3) is 12.2 Å². The molecule has 0 spiro atoms. The predicted octanol–water partition coefficient (Wildman–Crippen LogP) is 6.75. The van der Waals surface area contributed by atoms with Crippen LogP contribution >= 0.6 is 11.6 Å². The van der Waals surface area contributed by atoms with Crippen molar-refractivity contribution in [3.05, 3.63) is 75.8 Å². The van der Waals surface area contributed by atoms with E-state index < -0.39 is 0 Å². The first kappa shape index (κ1) is 21.2. The third-order valence-corrected chi connectivity index (χ3v) is 5.57. The Balaban J connectivity index is 1.81. The highest BCUT2D eigenvalue weighted by Crippen LogP contribution is 2.39. The van der Waals surface area contributed by atoms with E-state index in [0.29, 0.717) is 17.5 Å². The highest BCUT2D eigenvalue weighted by Gasteiger charge is 2.20. The molecular weight excluding hydrogens is 384 g/mol. The lowest BCUT2D eigenvalue weighted by atomic mass is 9.86. The van der Waals surface area contributed by atoms with Crippen LogP contribution in [0.5, 0.6) is 5.75 Å². The van der Waals surface area contributed by atoms with Gasteiger partial charge in [0.15, 0.2) is 0 Å². The average molecular weight is 411 g/mol. The van der Waals surface area contributed by atoms with Crippen LogP contribution in [0.3, 0.4) is 0 Å². The second kappa shape index (κ2) is 10.3. The number of allylic oxidation sites excluding steroid dienone is 1. The van der Waals surface area contributed by atoms with Gasteiger partial charge < -0.3 is 9.84 Å². The fourth-order valence-electron chi connectivity index (χ4n) is 3.78. The van der Waals surface area contributed by atoms with E-state index in [1.807, 2.05) is 24.3 Å². The lowest BCUT2D eigenvalue weighted by Gasteiger charge is -2.19. The largest absolute Gasteiger partial charge is 0.506 e. The molecule has 0 bridgehead atoms. The summed E-state index contributed by atoms with van der Waals surface area (Å²) in [5.41, 5.74) is 4.67. The first-order chi connectivity index (χ1) is 14.1. The zero-order chi connectivity index (χ0) is 20.6. The molecule has 29 heavy (non-hydrogen) atoms. The Morgan fingerprint density at radius 2 is 1.90 bits per heavy atom. The fraction of sp³-hybridized carbons (Fsp3) is 0.320. The number of benzene rings is 2. The van der Waals surface area contributed by atoms with Crippen LogP contribution in [0, 0.1) is 0 Å². The van der Waals surface area contributed by atoms with Crippen LogP contribution < -0.4 is 0 Å². The molecule has 0 aromatic heterocycles. The molecule has 1 saturated carbocycles. The Hall–Kier alpha value is -2.52. The number of phenolic OH excluding ortho intramolecular Hbond substituents is 1. The van der Waals surface area contributed by atoms with E-state index in [-0.39, 0.29) is 11.7 Å². The van der Waals surface area contributed by atoms with Gasteiger partial charge in [0.25, 0.3) is 0 Å². The lowest BCUT2D eigenvalue weighted by molar-refractivity contribution is -0.137. The molecule has 0 amide bonds. The van der Waals surface area contributed by atoms with E-state index >= 15 is 0 Å². The van der Waals surface area contributed by atoms with Gasteiger partial charge in [0.05, 0.1) is 11.6 Å². The molecule has 0 aliphatic heterocycles. The molecule has 1 aliphatic rings. The Kier molecular flexibility index (Phi) is 7.54. The predicted molar refractivity (Wildman–Crippen MR) is 119 cm³/mol. The van der Waals surface area contributed by atoms with E-state index in [1.54, 1.807) is 19.1 Å². The molecule has 1 unspecified atom stereocenters. The SMILES string of the molecule is CCOC(=O)C=Cc1ccc(C=C2CCCCCC2c2ccc(O)c(Cl)c2)cc1. The molecule has 1 aliphatic carbocycles. The van der Waals surface area contributed by atoms with E-state index in [9.17, 15) is 9.90 Å². The van der Waals surface area contributed by atoms with Crippen LogP contribution in [-0.4, -0.2) is 17.7 Å². The number of esters is 1. The molecule has 1 atom stereocenters. The number of phenols is 1. The third-order valence-electron chi connectivity index (χ3n) is 5.27. The summed E-state index contributed by atoms with van der Waals surface area (Å²) in [4.78, 5) is 11.5. The zero-order valence-electron chi connectivity index (χ0n) is 16.7. The van der Waals surface area contributed by atoms with Crippen molar-refractivity contribution in [3.63, 3.8) is 0 Å². The smallest absolute Gasteiger partial charge is 0.330 e. The quantitative estimate of drug-likeness (QED) is 0.336. The maximum absolute atomic E-state index is 11.5. The summed E-state index contributed by atoms with van der Waals surface area (Å²) in [5, 5.41) is 10.2. The van der Waals surface area contributed by atoms with E-state index in [1.165, 1.54) is 30.9 Å². The van der Waals surface area contributed by atoms with Crippen molar-refractivity contribution >= 4 is 29.7 Å². The Labute approximate surface area is 177 Å². The van der Waals surface area contributed by atoms with Crippen molar-refractivity contribution in [2.75, 3.05) is 6.61 Å². The molecule has 4 heteroatoms. The summed E-state index contributed by atoms with van der Waals surface area (Å²) in [7, 11) is 0. The summed E-state index contributed by atoms with van der Waals surface area (Å²) in [6, 6.07) is 13.7. The molecule has 1 fully saturated rings. The minimum absolute atomic E-state index is 0.126. The number of hydrogen-bond donors (Lipinski definition) is 1. The maximum atomic E-state index is 11.5. The van der Waals surface area contributed by atoms with E-state index in [2.05, 4.69) is 18.2 Å². The molecule has 3 rings (SSSR count). The number of hydrogen-bond acceptors (Lipinski definition) is 3. The standard InChI is InChI=1S/C25H27ClO3/c1-2-29-25(28)15-12-18-8-10-19(11-9-18)16-20-6-4-3-5-7-22(20)21-13-14-24(27)23(26)17-21/h8-17,22,27H,2-7H2,1H3. The highest BCUT2D eigenvalue weighted by molar-refractivity contribution is 6.32. The van der Waals surface area contributed by atoms with Crippen molar-refractivity contribution in [1.82, 2.24) is 0 Å². The van der Waals surface area contributed by atoms with Crippen molar-refractivity contribution in [1.29, 1.82) is 0 Å². The minimum Gasteiger partial charge on any atom is -0.506 e. The van der Waals surface area contributed by atoms with Crippen LogP contribution in [0.1, 0.15) is 61.6 Å². The van der Waals surface area contributed by atoms with Crippen LogP contribution in [-0.2, 0) is 9.53 Å². The van der Waals surface area contributed by atoms with Gasteiger partial charge in [-0.3, -0.25) is 0 Å². The average Bonchev–Trinajstić information content (AvgIpc) is 2.95. The van der Waals surface area contributed by atoms with Gasteiger partial charge >= 0.3 is 5.97 Å². The molecule has 152 valence electrons. The first-order valence-corrected chi connectivity index (χ1v) is 10.6. The lowest BCUT2D eigenvalue weighted by Crippen LogP contribution is -2.01. The number of ether oxygens (including phenoxy) is 1. The number of aromatic hydroxyl groups is 1. The van der Waals surface area contributed by atoms with Crippen molar-refractivity contribution in [2.24, 2.45) is 0 Å². The summed E-state index contributed by atoms with van der Waals surface area (Å²) in [5.74, 6) is 0.118. The fourth-order valence-corrected chi connectivity index (χ4v) is 3.97. The van der Waals surface area contributed by atoms with Gasteiger partial charge in [0.2, 0.25) is 0 Å². The van der Waals surface area contributed by atoms with E-state index in [4.69, 9.17) is 16.3 Å². The Bertz CT molecular complexity index is 897. The summed E-state index contributed by atoms with van der Waals surface area (Å²) in [6.45, 7) is 2.17. The zero-order valence-corrected chi connectivity index (χ0v) is 17.5. The normalized spacial score (nSPS) is 18.7.